The normalized spacial score (nSPS) is 20.2. The standard InChI is InChI=1S/C19H18N2O3S3/c1-11-4-6-13-14(8-11)26-16(20(13)3)7-5-12(2)9-15-18(24)21(10-17(22)23)19(25)27-15/h4-9H,10H2,1-3H3,(H,22,23). The number of rotatable bonds is 4. The summed E-state index contributed by atoms with van der Waals surface area (Å²) in [5.41, 5.74) is 3.29. The van der Waals surface area contributed by atoms with E-state index in [1.807, 2.05) is 26.1 Å². The number of carboxylic acid groups (broad SMARTS) is 1. The summed E-state index contributed by atoms with van der Waals surface area (Å²) in [6.45, 7) is 3.57. The van der Waals surface area contributed by atoms with Crippen LogP contribution in [0.5, 0.6) is 0 Å². The minimum atomic E-state index is -1.08. The lowest BCUT2D eigenvalue weighted by atomic mass is 10.2. The molecule has 1 saturated heterocycles. The molecule has 0 bridgehead atoms. The molecule has 0 saturated carbocycles. The van der Waals surface area contributed by atoms with Crippen molar-refractivity contribution in [3.63, 3.8) is 0 Å². The number of amides is 1. The summed E-state index contributed by atoms with van der Waals surface area (Å²) in [6, 6.07) is 6.38. The van der Waals surface area contributed by atoms with Gasteiger partial charge in [0.25, 0.3) is 5.91 Å². The number of nitrogens with zero attached hydrogens (tertiary/aromatic N) is 2. The second kappa shape index (κ2) is 7.92. The van der Waals surface area contributed by atoms with E-state index in [0.717, 1.165) is 27.3 Å². The Morgan fingerprint density at radius 2 is 2.07 bits per heavy atom. The highest BCUT2D eigenvalue weighted by atomic mass is 32.2. The number of anilines is 1. The van der Waals surface area contributed by atoms with Crippen LogP contribution in [0.4, 0.5) is 5.69 Å². The van der Waals surface area contributed by atoms with Gasteiger partial charge in [0.15, 0.2) is 0 Å². The predicted octanol–water partition coefficient (Wildman–Crippen LogP) is 4.15. The molecule has 1 aromatic carbocycles. The zero-order valence-corrected chi connectivity index (χ0v) is 17.5. The molecule has 27 heavy (non-hydrogen) atoms. The lowest BCUT2D eigenvalue weighted by Crippen LogP contribution is -2.33. The molecule has 0 radical (unpaired) electrons. The van der Waals surface area contributed by atoms with Crippen LogP contribution in [-0.2, 0) is 9.59 Å². The van der Waals surface area contributed by atoms with Crippen molar-refractivity contribution in [3.05, 3.63) is 57.5 Å². The Labute approximate surface area is 171 Å². The Bertz CT molecular complexity index is 934. The summed E-state index contributed by atoms with van der Waals surface area (Å²) in [4.78, 5) is 28.1. The minimum Gasteiger partial charge on any atom is -0.480 e. The van der Waals surface area contributed by atoms with E-state index in [-0.39, 0.29) is 10.2 Å². The zero-order chi connectivity index (χ0) is 19.7. The fraction of sp³-hybridized carbons (Fsp3) is 0.211. The van der Waals surface area contributed by atoms with Crippen molar-refractivity contribution < 1.29 is 14.7 Å². The van der Waals surface area contributed by atoms with Crippen LogP contribution >= 0.6 is 35.7 Å². The highest BCUT2D eigenvalue weighted by Crippen LogP contribution is 2.45. The zero-order valence-electron chi connectivity index (χ0n) is 15.1. The van der Waals surface area contributed by atoms with Gasteiger partial charge in [-0.15, -0.1) is 0 Å². The van der Waals surface area contributed by atoms with Gasteiger partial charge in [0, 0.05) is 11.9 Å². The first-order valence-corrected chi connectivity index (χ1v) is 10.2. The van der Waals surface area contributed by atoms with E-state index < -0.39 is 12.5 Å². The molecule has 0 atom stereocenters. The van der Waals surface area contributed by atoms with Crippen LogP contribution in [0.2, 0.25) is 0 Å². The summed E-state index contributed by atoms with van der Waals surface area (Å²) in [5, 5.41) is 9.99. The monoisotopic (exact) mass is 418 g/mol. The number of thioether (sulfide) groups is 2. The SMILES string of the molecule is CC(=CC=C1Sc2cc(C)ccc2N1C)C=C1SC(=S)N(CC(=O)O)C1=O. The summed E-state index contributed by atoms with van der Waals surface area (Å²) in [6.07, 6.45) is 5.71. The largest absolute Gasteiger partial charge is 0.480 e. The molecule has 2 aliphatic rings. The van der Waals surface area contributed by atoms with Gasteiger partial charge in [0.05, 0.1) is 15.6 Å². The lowest BCUT2D eigenvalue weighted by Gasteiger charge is -2.12. The van der Waals surface area contributed by atoms with E-state index in [1.54, 1.807) is 17.8 Å². The van der Waals surface area contributed by atoms with Crippen molar-refractivity contribution in [1.29, 1.82) is 0 Å². The third-order valence-corrected chi connectivity index (χ3v) is 6.58. The molecule has 0 unspecified atom stereocenters. The van der Waals surface area contributed by atoms with Crippen molar-refractivity contribution in [2.45, 2.75) is 18.7 Å². The highest BCUT2D eigenvalue weighted by molar-refractivity contribution is 8.26. The number of thiocarbonyl (C=S) groups is 1. The molecule has 5 nitrogen and oxygen atoms in total. The van der Waals surface area contributed by atoms with Gasteiger partial charge in [-0.1, -0.05) is 47.9 Å². The van der Waals surface area contributed by atoms with Crippen molar-refractivity contribution in [3.8, 4) is 0 Å². The molecule has 0 aromatic heterocycles. The number of carbonyl (C=O) groups excluding carboxylic acids is 1. The Morgan fingerprint density at radius 1 is 1.33 bits per heavy atom. The number of fused-ring (bicyclic) bond motifs is 1. The van der Waals surface area contributed by atoms with Crippen LogP contribution in [-0.4, -0.2) is 39.8 Å². The van der Waals surface area contributed by atoms with E-state index in [2.05, 4.69) is 30.0 Å². The van der Waals surface area contributed by atoms with Crippen LogP contribution in [0.25, 0.3) is 0 Å². The molecule has 1 N–H and O–H groups in total. The number of carbonyl (C=O) groups is 2. The quantitative estimate of drug-likeness (QED) is 0.582. The summed E-state index contributed by atoms with van der Waals surface area (Å²) >= 11 is 7.94. The molecule has 8 heteroatoms. The Morgan fingerprint density at radius 3 is 2.78 bits per heavy atom. The van der Waals surface area contributed by atoms with Crippen LogP contribution in [0.1, 0.15) is 12.5 Å². The van der Waals surface area contributed by atoms with Crippen molar-refractivity contribution in [2.24, 2.45) is 0 Å². The Hall–Kier alpha value is -2.03. The fourth-order valence-corrected chi connectivity index (χ4v) is 5.11. The van der Waals surface area contributed by atoms with Crippen LogP contribution in [0, 0.1) is 6.92 Å². The van der Waals surface area contributed by atoms with Gasteiger partial charge in [-0.3, -0.25) is 14.5 Å². The second-order valence-corrected chi connectivity index (χ2v) is 8.95. The maximum atomic E-state index is 12.3. The van der Waals surface area contributed by atoms with Gasteiger partial charge in [0.2, 0.25) is 0 Å². The highest BCUT2D eigenvalue weighted by Gasteiger charge is 2.33. The molecular weight excluding hydrogens is 400 g/mol. The first kappa shape index (κ1) is 19.7. The van der Waals surface area contributed by atoms with Gasteiger partial charge in [0.1, 0.15) is 10.9 Å². The molecule has 140 valence electrons. The van der Waals surface area contributed by atoms with Gasteiger partial charge < -0.3 is 10.0 Å². The molecule has 2 aliphatic heterocycles. The van der Waals surface area contributed by atoms with Crippen molar-refractivity contribution >= 4 is 57.6 Å². The molecular formula is C19H18N2O3S3. The van der Waals surface area contributed by atoms with Crippen LogP contribution in [0.3, 0.4) is 0 Å². The van der Waals surface area contributed by atoms with E-state index in [0.29, 0.717) is 4.91 Å². The Balaban J connectivity index is 1.76. The van der Waals surface area contributed by atoms with E-state index >= 15 is 0 Å². The number of hydrogen-bond acceptors (Lipinski definition) is 6. The summed E-state index contributed by atoms with van der Waals surface area (Å²) in [5.74, 6) is -1.44. The van der Waals surface area contributed by atoms with Crippen molar-refractivity contribution in [1.82, 2.24) is 4.90 Å². The first-order valence-electron chi connectivity index (χ1n) is 8.14. The van der Waals surface area contributed by atoms with Gasteiger partial charge >= 0.3 is 5.97 Å². The number of aliphatic carboxylic acids is 1. The number of aryl methyl sites for hydroxylation is 1. The van der Waals surface area contributed by atoms with Gasteiger partial charge in [-0.25, -0.2) is 0 Å². The van der Waals surface area contributed by atoms with E-state index in [1.165, 1.54) is 16.1 Å². The van der Waals surface area contributed by atoms with Crippen molar-refractivity contribution in [2.75, 3.05) is 18.5 Å². The average Bonchev–Trinajstić information content (AvgIpc) is 3.03. The van der Waals surface area contributed by atoms with Gasteiger partial charge in [-0.05, 0) is 49.3 Å². The lowest BCUT2D eigenvalue weighted by molar-refractivity contribution is -0.140. The maximum absolute atomic E-state index is 12.3. The topological polar surface area (TPSA) is 60.9 Å². The van der Waals surface area contributed by atoms with E-state index in [4.69, 9.17) is 17.3 Å². The summed E-state index contributed by atoms with van der Waals surface area (Å²) < 4.78 is 0.275. The average molecular weight is 419 g/mol. The maximum Gasteiger partial charge on any atom is 0.323 e. The third-order valence-electron chi connectivity index (χ3n) is 4.04. The smallest absolute Gasteiger partial charge is 0.323 e. The number of allylic oxidation sites excluding steroid dienone is 4. The Kier molecular flexibility index (Phi) is 5.78. The third kappa shape index (κ3) is 4.28. The first-order chi connectivity index (χ1) is 12.8. The molecule has 0 aliphatic carbocycles. The number of carboxylic acids is 1. The number of hydrogen-bond donors (Lipinski definition) is 1. The summed E-state index contributed by atoms with van der Waals surface area (Å²) in [7, 11) is 2.03. The number of benzene rings is 1. The molecule has 0 spiro atoms. The fourth-order valence-electron chi connectivity index (χ4n) is 2.66. The minimum absolute atomic E-state index is 0.275. The van der Waals surface area contributed by atoms with Gasteiger partial charge in [-0.2, -0.15) is 0 Å². The molecule has 1 aromatic rings. The molecule has 1 amide bonds. The predicted molar refractivity (Wildman–Crippen MR) is 115 cm³/mol. The van der Waals surface area contributed by atoms with Crippen LogP contribution in [0.15, 0.2) is 56.8 Å². The second-order valence-electron chi connectivity index (χ2n) is 6.21. The molecule has 3 rings (SSSR count). The molecule has 1 fully saturated rings. The molecule has 2 heterocycles. The van der Waals surface area contributed by atoms with Crippen LogP contribution < -0.4 is 4.90 Å². The van der Waals surface area contributed by atoms with E-state index in [9.17, 15) is 9.59 Å².